The molecule has 2 heterocycles. The summed E-state index contributed by atoms with van der Waals surface area (Å²) >= 11 is 10.8. The zero-order valence-electron chi connectivity index (χ0n) is 7.44. The van der Waals surface area contributed by atoms with Crippen molar-refractivity contribution in [3.63, 3.8) is 0 Å². The summed E-state index contributed by atoms with van der Waals surface area (Å²) in [5.41, 5.74) is 6.20. The molecule has 15 heavy (non-hydrogen) atoms. The Balaban J connectivity index is 2.64. The molecule has 0 aliphatic rings. The van der Waals surface area contributed by atoms with E-state index in [0.29, 0.717) is 16.4 Å². The number of nitrogens with two attached hydrogens (primary N) is 1. The molecule has 5 nitrogen and oxygen atoms in total. The average Bonchev–Trinajstić information content (AvgIpc) is 2.16. The van der Waals surface area contributed by atoms with Crippen LogP contribution in [0.15, 0.2) is 18.5 Å². The molecule has 0 spiro atoms. The van der Waals surface area contributed by atoms with E-state index in [9.17, 15) is 0 Å². The number of halogens is 1. The summed E-state index contributed by atoms with van der Waals surface area (Å²) in [5, 5.41) is 0.473. The van der Waals surface area contributed by atoms with E-state index in [4.69, 9.17) is 29.6 Å². The highest BCUT2D eigenvalue weighted by Gasteiger charge is 2.05. The maximum Gasteiger partial charge on any atom is 0.224 e. The third-order valence-electron chi connectivity index (χ3n) is 1.70. The summed E-state index contributed by atoms with van der Waals surface area (Å²) in [6, 6.07) is 1.72. The monoisotopic (exact) mass is 239 g/mol. The zero-order chi connectivity index (χ0) is 10.8. The molecule has 2 aromatic heterocycles. The van der Waals surface area contributed by atoms with Gasteiger partial charge in [-0.1, -0.05) is 11.6 Å². The van der Waals surface area contributed by atoms with Gasteiger partial charge in [0.1, 0.15) is 5.82 Å². The molecule has 0 aliphatic heterocycles. The van der Waals surface area contributed by atoms with Crippen LogP contribution in [0.25, 0.3) is 11.4 Å². The van der Waals surface area contributed by atoms with E-state index in [1.54, 1.807) is 12.3 Å². The summed E-state index contributed by atoms with van der Waals surface area (Å²) in [5.74, 6) is 0.692. The van der Waals surface area contributed by atoms with Gasteiger partial charge in [-0.3, -0.25) is 4.98 Å². The Morgan fingerprint density at radius 3 is 2.87 bits per heavy atom. The maximum absolute atomic E-state index is 5.95. The topological polar surface area (TPSA) is 80.5 Å². The summed E-state index contributed by atoms with van der Waals surface area (Å²) in [6.07, 6.45) is 3.13. The van der Waals surface area contributed by atoms with Gasteiger partial charge < -0.3 is 10.7 Å². The van der Waals surface area contributed by atoms with Crippen LogP contribution in [-0.4, -0.2) is 19.9 Å². The van der Waals surface area contributed by atoms with Gasteiger partial charge in [0.2, 0.25) is 10.7 Å². The quantitative estimate of drug-likeness (QED) is 0.742. The van der Waals surface area contributed by atoms with Crippen molar-refractivity contribution in [2.75, 3.05) is 5.73 Å². The average molecular weight is 240 g/mol. The van der Waals surface area contributed by atoms with E-state index in [0.717, 1.165) is 0 Å². The van der Waals surface area contributed by atoms with Crippen LogP contribution in [0, 0.1) is 4.77 Å². The van der Waals surface area contributed by atoms with E-state index in [2.05, 4.69) is 19.9 Å². The minimum absolute atomic E-state index is 0.175. The SMILES string of the molecule is Nc1nc(=S)nc(-c2ccncc2Cl)[nH]1. The van der Waals surface area contributed by atoms with Crippen LogP contribution < -0.4 is 5.73 Å². The Morgan fingerprint density at radius 1 is 1.40 bits per heavy atom. The smallest absolute Gasteiger partial charge is 0.224 e. The highest BCUT2D eigenvalue weighted by Crippen LogP contribution is 2.23. The van der Waals surface area contributed by atoms with Gasteiger partial charge in [-0.25, -0.2) is 4.98 Å². The van der Waals surface area contributed by atoms with E-state index < -0.39 is 0 Å². The summed E-state index contributed by atoms with van der Waals surface area (Å²) in [4.78, 5) is 14.4. The fraction of sp³-hybridized carbons (Fsp3) is 0. The van der Waals surface area contributed by atoms with Gasteiger partial charge in [0.25, 0.3) is 0 Å². The number of nitrogen functional groups attached to an aromatic ring is 1. The third-order valence-corrected chi connectivity index (χ3v) is 2.18. The molecule has 0 radical (unpaired) electrons. The van der Waals surface area contributed by atoms with Gasteiger partial charge in [-0.2, -0.15) is 4.98 Å². The molecule has 0 amide bonds. The number of hydrogen-bond donors (Lipinski definition) is 2. The van der Waals surface area contributed by atoms with Crippen molar-refractivity contribution in [2.24, 2.45) is 0 Å². The lowest BCUT2D eigenvalue weighted by Crippen LogP contribution is -2.00. The van der Waals surface area contributed by atoms with Crippen molar-refractivity contribution in [2.45, 2.75) is 0 Å². The first kappa shape index (κ1) is 10.0. The Kier molecular flexibility index (Phi) is 2.61. The highest BCUT2D eigenvalue weighted by molar-refractivity contribution is 7.71. The van der Waals surface area contributed by atoms with Gasteiger partial charge >= 0.3 is 0 Å². The minimum Gasteiger partial charge on any atom is -0.369 e. The second kappa shape index (κ2) is 3.92. The number of nitrogens with one attached hydrogen (secondary N) is 1. The molecule has 0 atom stereocenters. The molecule has 0 aromatic carbocycles. The molecule has 0 saturated heterocycles. The number of nitrogens with zero attached hydrogens (tertiary/aromatic N) is 3. The van der Waals surface area contributed by atoms with Crippen LogP contribution >= 0.6 is 23.8 Å². The van der Waals surface area contributed by atoms with Gasteiger partial charge in [0.05, 0.1) is 5.02 Å². The van der Waals surface area contributed by atoms with Crippen LogP contribution in [0.3, 0.4) is 0 Å². The van der Waals surface area contributed by atoms with E-state index >= 15 is 0 Å². The maximum atomic E-state index is 5.95. The Labute approximate surface area is 95.4 Å². The number of anilines is 1. The van der Waals surface area contributed by atoms with Crippen molar-refractivity contribution in [3.8, 4) is 11.4 Å². The number of pyridine rings is 1. The number of H-pyrrole nitrogens is 1. The molecular weight excluding hydrogens is 234 g/mol. The lowest BCUT2D eigenvalue weighted by molar-refractivity contribution is 1.05. The molecule has 0 aliphatic carbocycles. The van der Waals surface area contributed by atoms with Crippen LogP contribution in [0.2, 0.25) is 5.02 Å². The van der Waals surface area contributed by atoms with Crippen LogP contribution in [0.5, 0.6) is 0 Å². The van der Waals surface area contributed by atoms with Crippen molar-refractivity contribution >= 4 is 29.8 Å². The second-order valence-corrected chi connectivity index (χ2v) is 3.49. The first-order valence-corrected chi connectivity index (χ1v) is 4.79. The van der Waals surface area contributed by atoms with E-state index in [1.165, 1.54) is 6.20 Å². The van der Waals surface area contributed by atoms with Crippen molar-refractivity contribution < 1.29 is 0 Å². The number of rotatable bonds is 1. The van der Waals surface area contributed by atoms with Gasteiger partial charge in [0.15, 0.2) is 0 Å². The molecular formula is C8H6ClN5S. The Bertz CT molecular complexity index is 553. The molecule has 0 unspecified atom stereocenters. The largest absolute Gasteiger partial charge is 0.369 e. The molecule has 0 bridgehead atoms. The van der Waals surface area contributed by atoms with Gasteiger partial charge in [-0.15, -0.1) is 0 Å². The normalized spacial score (nSPS) is 10.2. The van der Waals surface area contributed by atoms with Crippen molar-refractivity contribution in [1.82, 2.24) is 19.9 Å². The van der Waals surface area contributed by atoms with E-state index in [-0.39, 0.29) is 10.7 Å². The Morgan fingerprint density at radius 2 is 2.20 bits per heavy atom. The first-order chi connectivity index (χ1) is 7.16. The first-order valence-electron chi connectivity index (χ1n) is 4.00. The lowest BCUT2D eigenvalue weighted by atomic mass is 10.2. The molecule has 7 heteroatoms. The van der Waals surface area contributed by atoms with E-state index in [1.807, 2.05) is 0 Å². The molecule has 2 rings (SSSR count). The van der Waals surface area contributed by atoms with Crippen molar-refractivity contribution in [1.29, 1.82) is 0 Å². The standard InChI is InChI=1S/C8H6ClN5S/c9-5-3-11-2-1-4(5)6-12-7(10)14-8(15)13-6/h1-3H,(H3,10,12,13,14,15). The number of aromatic amines is 1. The number of aromatic nitrogens is 4. The summed E-state index contributed by atoms with van der Waals surface area (Å²) in [6.45, 7) is 0. The molecule has 76 valence electrons. The van der Waals surface area contributed by atoms with Crippen LogP contribution in [0.4, 0.5) is 5.95 Å². The van der Waals surface area contributed by atoms with Crippen LogP contribution in [0.1, 0.15) is 0 Å². The zero-order valence-corrected chi connectivity index (χ0v) is 9.01. The minimum atomic E-state index is 0.175. The summed E-state index contributed by atoms with van der Waals surface area (Å²) in [7, 11) is 0. The second-order valence-electron chi connectivity index (χ2n) is 2.72. The predicted octanol–water partition coefficient (Wildman–Crippen LogP) is 1.83. The highest BCUT2D eigenvalue weighted by atomic mass is 35.5. The third kappa shape index (κ3) is 2.11. The van der Waals surface area contributed by atoms with Crippen molar-refractivity contribution in [3.05, 3.63) is 28.3 Å². The number of hydrogen-bond acceptors (Lipinski definition) is 5. The fourth-order valence-corrected chi connectivity index (χ4v) is 1.49. The molecule has 0 saturated carbocycles. The predicted molar refractivity (Wildman–Crippen MR) is 59.9 cm³/mol. The molecule has 2 aromatic rings. The van der Waals surface area contributed by atoms with Gasteiger partial charge in [0, 0.05) is 18.0 Å². The fourth-order valence-electron chi connectivity index (χ4n) is 1.10. The Hall–Kier alpha value is -1.53. The van der Waals surface area contributed by atoms with Gasteiger partial charge in [-0.05, 0) is 18.3 Å². The van der Waals surface area contributed by atoms with Crippen LogP contribution in [-0.2, 0) is 0 Å². The summed E-state index contributed by atoms with van der Waals surface area (Å²) < 4.78 is 0.175. The molecule has 0 fully saturated rings. The molecule has 3 N–H and O–H groups in total. The lowest BCUT2D eigenvalue weighted by Gasteiger charge is -2.03.